The minimum Gasteiger partial charge on any atom is -0.457 e. The van der Waals surface area contributed by atoms with Crippen LogP contribution in [-0.4, -0.2) is 125 Å². The molecule has 3 aliphatic rings. The molecule has 6 aromatic carbocycles. The number of carbonyl (C=O) groups is 3. The Kier molecular flexibility index (Phi) is 18.9. The lowest BCUT2D eigenvalue weighted by atomic mass is 10.1. The first-order chi connectivity index (χ1) is 47.1. The molecule has 0 saturated carbocycles. The molecule has 0 bridgehead atoms. The van der Waals surface area contributed by atoms with Gasteiger partial charge in [0.25, 0.3) is 0 Å². The maximum Gasteiger partial charge on any atom is 0.246 e. The minimum atomic E-state index is -0.435. The summed E-state index contributed by atoms with van der Waals surface area (Å²) in [7, 11) is 0. The van der Waals surface area contributed by atoms with E-state index in [9.17, 15) is 18.8 Å². The van der Waals surface area contributed by atoms with Crippen LogP contribution in [0.5, 0.6) is 34.5 Å². The van der Waals surface area contributed by atoms with Gasteiger partial charge in [-0.1, -0.05) is 74.3 Å². The van der Waals surface area contributed by atoms with E-state index in [2.05, 4.69) is 44.7 Å². The lowest BCUT2D eigenvalue weighted by molar-refractivity contribution is -0.127. The molecule has 12 aromatic rings. The summed E-state index contributed by atoms with van der Waals surface area (Å²) >= 11 is 0. The van der Waals surface area contributed by atoms with E-state index >= 15 is 0 Å². The molecule has 3 saturated heterocycles. The van der Waals surface area contributed by atoms with E-state index in [0.29, 0.717) is 55.1 Å². The van der Waals surface area contributed by atoms with Crippen LogP contribution in [0.25, 0.3) is 66.7 Å². The Hall–Kier alpha value is -12.0. The van der Waals surface area contributed by atoms with Crippen molar-refractivity contribution in [3.63, 3.8) is 0 Å². The van der Waals surface area contributed by atoms with Crippen molar-refractivity contribution >= 4 is 50.7 Å². The van der Waals surface area contributed by atoms with Gasteiger partial charge in [-0.2, -0.15) is 15.3 Å². The summed E-state index contributed by atoms with van der Waals surface area (Å²) in [4.78, 5) is 63.3. The lowest BCUT2D eigenvalue weighted by Gasteiger charge is -2.23. The monoisotopic (exact) mass is 1280 g/mol. The summed E-state index contributed by atoms with van der Waals surface area (Å²) in [5.41, 5.74) is 6.93. The first-order valence-electron chi connectivity index (χ1n) is 31.7. The summed E-state index contributed by atoms with van der Waals surface area (Å²) in [6.45, 7) is 14.5. The molecule has 21 heteroatoms. The van der Waals surface area contributed by atoms with Gasteiger partial charge in [-0.15, -0.1) is 0 Å². The molecule has 3 fully saturated rings. The highest BCUT2D eigenvalue weighted by molar-refractivity contribution is 5.94. The quantitative estimate of drug-likeness (QED) is 0.0778. The predicted octanol–water partition coefficient (Wildman–Crippen LogP) is 13.9. The van der Waals surface area contributed by atoms with Crippen LogP contribution in [0.2, 0.25) is 0 Å². The van der Waals surface area contributed by atoms with Crippen LogP contribution < -0.4 is 14.2 Å². The average Bonchev–Trinajstić information content (AvgIpc) is 1.64. The molecule has 9 heterocycles. The Morgan fingerprint density at radius 1 is 0.458 bits per heavy atom. The molecule has 480 valence electrons. The largest absolute Gasteiger partial charge is 0.457 e. The summed E-state index contributed by atoms with van der Waals surface area (Å²) in [5.74, 6) is 3.91. The molecule has 0 unspecified atom stereocenters. The van der Waals surface area contributed by atoms with Crippen LogP contribution in [0.3, 0.4) is 0 Å². The number of hydrogen-bond acceptors (Lipinski definition) is 14. The standard InChI is InChI=1S/C26H23FN4O2.C25H23N5O2.C24H21N5O2/c1-2-24(32)30-14-6-7-19(30)17-31-26-22(15-28-16-23(26)27)25(29-31)18-10-12-21(13-11-18)33-20-8-4-3-5-9-20;1-2-23(31)29-14-6-7-19(29)16-30-25-22(15-26-17-27-25)24(28-30)18-10-12-21(13-11-18)32-20-8-4-3-5-9-20;1-2-22(30)28-13-12-18(15-28)29-24-21(14-25-16-26-24)23(27-29)17-8-10-20(11-9-17)31-19-6-4-3-5-7-19/h2-5,8-13,15-16,19H,1,6-7,14,17H2;2-5,8-13,15,17,19H,1,6-7,14,16H2;2-11,14,16,18H,1,12-13,15H2/t2*19-;18-/m001/s1. The van der Waals surface area contributed by atoms with Gasteiger partial charge in [-0.3, -0.25) is 24.0 Å². The zero-order chi connectivity index (χ0) is 65.9. The van der Waals surface area contributed by atoms with Crippen molar-refractivity contribution in [3.8, 4) is 68.3 Å². The molecule has 3 aliphatic heterocycles. The van der Waals surface area contributed by atoms with Crippen molar-refractivity contribution in [2.45, 2.75) is 63.3 Å². The highest BCUT2D eigenvalue weighted by Gasteiger charge is 2.32. The molecule has 0 radical (unpaired) electrons. The molecule has 3 amide bonds. The van der Waals surface area contributed by atoms with E-state index in [-0.39, 0.29) is 35.8 Å². The van der Waals surface area contributed by atoms with Gasteiger partial charge in [-0.25, -0.2) is 33.7 Å². The number of carbonyl (C=O) groups excluding carboxylic acids is 3. The number of fused-ring (bicyclic) bond motifs is 3. The Bertz CT molecular complexity index is 4740. The number of aromatic nitrogens is 11. The van der Waals surface area contributed by atoms with Crippen LogP contribution in [0.4, 0.5) is 4.39 Å². The third-order valence-corrected chi connectivity index (χ3v) is 17.1. The Labute approximate surface area is 552 Å². The van der Waals surface area contributed by atoms with Gasteiger partial charge >= 0.3 is 0 Å². The van der Waals surface area contributed by atoms with Gasteiger partial charge in [0, 0.05) is 66.8 Å². The number of halogens is 1. The highest BCUT2D eigenvalue weighted by atomic mass is 19.1. The summed E-state index contributed by atoms with van der Waals surface area (Å²) in [6.07, 6.45) is 18.0. The SMILES string of the molecule is C=CC(=O)N1CCC[C@H]1Cn1nc(-c2ccc(Oc3ccccc3)cc2)c2cncc(F)c21.C=CC(=O)N1CCC[C@H]1Cn1nc(-c2ccc(Oc3ccccc3)cc2)c2cncnc21.C=CC(=O)N1CC[C@@H](n2nc(-c3ccc(Oc4ccccc4)cc3)c3cncnc32)C1. The van der Waals surface area contributed by atoms with Gasteiger partial charge in [0.15, 0.2) is 17.1 Å². The number of likely N-dealkylation sites (tertiary alicyclic amines) is 3. The molecule has 20 nitrogen and oxygen atoms in total. The van der Waals surface area contributed by atoms with Crippen molar-refractivity contribution < 1.29 is 33.0 Å². The number of rotatable bonds is 17. The number of para-hydroxylation sites is 3. The molecule has 0 N–H and O–H groups in total. The highest BCUT2D eigenvalue weighted by Crippen LogP contribution is 2.36. The third-order valence-electron chi connectivity index (χ3n) is 17.1. The second-order valence-corrected chi connectivity index (χ2v) is 23.2. The molecule has 6 aromatic heterocycles. The average molecular weight is 1280 g/mol. The number of amides is 3. The second-order valence-electron chi connectivity index (χ2n) is 23.2. The van der Waals surface area contributed by atoms with Crippen molar-refractivity contribution in [2.24, 2.45) is 0 Å². The zero-order valence-corrected chi connectivity index (χ0v) is 52.5. The van der Waals surface area contributed by atoms with Crippen LogP contribution in [0.15, 0.2) is 239 Å². The van der Waals surface area contributed by atoms with Crippen molar-refractivity contribution in [1.29, 1.82) is 0 Å². The van der Waals surface area contributed by atoms with Crippen molar-refractivity contribution in [1.82, 2.24) is 69.0 Å². The maximum atomic E-state index is 14.8. The van der Waals surface area contributed by atoms with Crippen LogP contribution in [0, 0.1) is 5.82 Å². The second kappa shape index (κ2) is 28.9. The van der Waals surface area contributed by atoms with Gasteiger partial charge < -0.3 is 28.9 Å². The lowest BCUT2D eigenvalue weighted by Crippen LogP contribution is -2.37. The predicted molar refractivity (Wildman–Crippen MR) is 364 cm³/mol. The fourth-order valence-electron chi connectivity index (χ4n) is 12.5. The smallest absolute Gasteiger partial charge is 0.246 e. The zero-order valence-electron chi connectivity index (χ0n) is 52.5. The number of pyridine rings is 1. The fourth-order valence-corrected chi connectivity index (χ4v) is 12.5. The van der Waals surface area contributed by atoms with Crippen molar-refractivity contribution in [3.05, 3.63) is 245 Å². The van der Waals surface area contributed by atoms with Crippen LogP contribution in [-0.2, 0) is 27.5 Å². The van der Waals surface area contributed by atoms with E-state index in [0.717, 1.165) is 118 Å². The van der Waals surface area contributed by atoms with Crippen LogP contribution in [0.1, 0.15) is 38.1 Å². The topological polar surface area (TPSA) is 207 Å². The van der Waals surface area contributed by atoms with Crippen LogP contribution >= 0.6 is 0 Å². The molecule has 15 rings (SSSR count). The van der Waals surface area contributed by atoms with Gasteiger partial charge in [-0.05, 0) is 160 Å². The van der Waals surface area contributed by atoms with Gasteiger partial charge in [0.05, 0.1) is 48.2 Å². The molecule has 0 aliphatic carbocycles. The van der Waals surface area contributed by atoms with Crippen molar-refractivity contribution in [2.75, 3.05) is 26.2 Å². The van der Waals surface area contributed by atoms with Gasteiger partial charge in [0.1, 0.15) is 69.8 Å². The summed E-state index contributed by atoms with van der Waals surface area (Å²) in [5, 5.41) is 16.9. The van der Waals surface area contributed by atoms with E-state index < -0.39 is 5.82 Å². The third kappa shape index (κ3) is 13.9. The Morgan fingerprint density at radius 3 is 1.36 bits per heavy atom. The molecular formula is C75H67FN14O6. The maximum absolute atomic E-state index is 14.8. The molecule has 96 heavy (non-hydrogen) atoms. The molecule has 0 spiro atoms. The number of ether oxygens (including phenoxy) is 3. The van der Waals surface area contributed by atoms with E-state index in [1.807, 2.05) is 178 Å². The van der Waals surface area contributed by atoms with E-state index in [4.69, 9.17) is 29.5 Å². The minimum absolute atomic E-state index is 0.0344. The van der Waals surface area contributed by atoms with E-state index in [1.165, 1.54) is 37.1 Å². The van der Waals surface area contributed by atoms with Gasteiger partial charge in [0.2, 0.25) is 17.7 Å². The fraction of sp³-hybridized carbons (Fsp3) is 0.187. The number of hydrogen-bond donors (Lipinski definition) is 0. The number of nitrogens with zero attached hydrogens (tertiary/aromatic N) is 14. The summed E-state index contributed by atoms with van der Waals surface area (Å²) < 4.78 is 38.0. The number of benzene rings is 6. The first kappa shape index (κ1) is 62.8. The first-order valence-corrected chi connectivity index (χ1v) is 31.7. The van der Waals surface area contributed by atoms with E-state index in [1.54, 1.807) is 33.1 Å². The normalized spacial score (nSPS) is 15.8. The Balaban J connectivity index is 0.000000130. The summed E-state index contributed by atoms with van der Waals surface area (Å²) in [6, 6.07) is 52.2. The molecular weight excluding hydrogens is 1210 g/mol. The molecule has 3 atom stereocenters. The Morgan fingerprint density at radius 2 is 0.875 bits per heavy atom.